The summed E-state index contributed by atoms with van der Waals surface area (Å²) < 4.78 is 37.9. The first kappa shape index (κ1) is 20.7. The molecule has 1 fully saturated rings. The first-order valence-corrected chi connectivity index (χ1v) is 10.6. The van der Waals surface area contributed by atoms with Gasteiger partial charge in [0.05, 0.1) is 18.1 Å². The molecule has 0 aromatic heterocycles. The van der Waals surface area contributed by atoms with Gasteiger partial charge < -0.3 is 14.4 Å². The van der Waals surface area contributed by atoms with Gasteiger partial charge in [0.25, 0.3) is 5.91 Å². The third-order valence-corrected chi connectivity index (χ3v) is 5.67. The van der Waals surface area contributed by atoms with Gasteiger partial charge in [0.2, 0.25) is 10.0 Å². The zero-order chi connectivity index (χ0) is 19.0. The highest BCUT2D eigenvalue weighted by molar-refractivity contribution is 7.89. The average Bonchev–Trinajstić information content (AvgIpc) is 2.66. The van der Waals surface area contributed by atoms with Crippen LogP contribution in [0.1, 0.15) is 33.1 Å². The first-order valence-electron chi connectivity index (χ1n) is 9.07. The molecular weight excluding hydrogens is 356 g/mol. The highest BCUT2D eigenvalue weighted by Crippen LogP contribution is 2.18. The van der Waals surface area contributed by atoms with Crippen molar-refractivity contribution in [1.82, 2.24) is 9.62 Å². The monoisotopic (exact) mass is 384 g/mol. The molecule has 1 saturated heterocycles. The molecule has 1 heterocycles. The van der Waals surface area contributed by atoms with Gasteiger partial charge in [-0.2, -0.15) is 0 Å². The molecule has 0 bridgehead atoms. The second-order valence-corrected chi connectivity index (χ2v) is 8.04. The normalized spacial score (nSPS) is 16.3. The molecule has 1 aliphatic rings. The van der Waals surface area contributed by atoms with Gasteiger partial charge in [-0.25, -0.2) is 13.1 Å². The summed E-state index contributed by atoms with van der Waals surface area (Å²) in [6.07, 6.45) is 2.21. The molecule has 1 aliphatic heterocycles. The lowest BCUT2D eigenvalue weighted by molar-refractivity contribution is -0.142. The third-order valence-electron chi connectivity index (χ3n) is 4.19. The fourth-order valence-electron chi connectivity index (χ4n) is 2.66. The van der Waals surface area contributed by atoms with Crippen LogP contribution >= 0.6 is 0 Å². The lowest BCUT2D eigenvalue weighted by atomic mass is 10.3. The highest BCUT2D eigenvalue weighted by Gasteiger charge is 2.24. The Kier molecular flexibility index (Phi) is 7.86. The molecule has 0 unspecified atom stereocenters. The van der Waals surface area contributed by atoms with Crippen molar-refractivity contribution < 1.29 is 22.7 Å². The molecule has 8 heteroatoms. The molecule has 1 amide bonds. The number of nitrogens with zero attached hydrogens (tertiary/aromatic N) is 1. The Morgan fingerprint density at radius 2 is 1.88 bits per heavy atom. The lowest BCUT2D eigenvalue weighted by Gasteiger charge is -2.29. The van der Waals surface area contributed by atoms with Crippen molar-refractivity contribution in [3.05, 3.63) is 24.3 Å². The average molecular weight is 384 g/mol. The molecule has 1 atom stereocenters. The zero-order valence-electron chi connectivity index (χ0n) is 15.4. The van der Waals surface area contributed by atoms with Crippen molar-refractivity contribution >= 4 is 15.9 Å². The van der Waals surface area contributed by atoms with Gasteiger partial charge in [-0.15, -0.1) is 0 Å². The Labute approximate surface area is 155 Å². The van der Waals surface area contributed by atoms with E-state index < -0.39 is 16.1 Å². The van der Waals surface area contributed by atoms with Gasteiger partial charge >= 0.3 is 0 Å². The maximum atomic E-state index is 12.3. The first-order chi connectivity index (χ1) is 12.4. The Morgan fingerprint density at radius 1 is 1.23 bits per heavy atom. The van der Waals surface area contributed by atoms with Gasteiger partial charge in [-0.05, 0) is 37.6 Å². The number of amides is 1. The number of hydrogen-bond donors (Lipinski definition) is 1. The fraction of sp³-hybridized carbons (Fsp3) is 0.611. The number of ether oxygens (including phenoxy) is 2. The number of morpholine rings is 1. The molecule has 0 spiro atoms. The van der Waals surface area contributed by atoms with Crippen LogP contribution in [0.5, 0.6) is 5.75 Å². The van der Waals surface area contributed by atoms with Crippen LogP contribution in [0.15, 0.2) is 29.2 Å². The molecule has 1 aromatic rings. The third kappa shape index (κ3) is 5.96. The predicted molar refractivity (Wildman–Crippen MR) is 98.6 cm³/mol. The summed E-state index contributed by atoms with van der Waals surface area (Å²) in [5, 5.41) is 0. The SMILES string of the molecule is CCCCCNS(=O)(=O)c1ccc(O[C@@H](C)C(=O)N2CCOCC2)cc1. The van der Waals surface area contributed by atoms with Crippen molar-refractivity contribution in [1.29, 1.82) is 0 Å². The summed E-state index contributed by atoms with van der Waals surface area (Å²) in [7, 11) is -3.51. The largest absolute Gasteiger partial charge is 0.481 e. The molecule has 7 nitrogen and oxygen atoms in total. The highest BCUT2D eigenvalue weighted by atomic mass is 32.2. The topological polar surface area (TPSA) is 84.9 Å². The van der Waals surface area contributed by atoms with Crippen LogP contribution in [-0.4, -0.2) is 58.2 Å². The van der Waals surface area contributed by atoms with E-state index in [1.165, 1.54) is 12.1 Å². The van der Waals surface area contributed by atoms with E-state index >= 15 is 0 Å². The zero-order valence-corrected chi connectivity index (χ0v) is 16.3. The minimum atomic E-state index is -3.51. The summed E-state index contributed by atoms with van der Waals surface area (Å²) in [5.74, 6) is 0.367. The fourth-order valence-corrected chi connectivity index (χ4v) is 3.73. The maximum Gasteiger partial charge on any atom is 0.263 e. The van der Waals surface area contributed by atoms with Crippen molar-refractivity contribution in [2.45, 2.75) is 44.1 Å². The van der Waals surface area contributed by atoms with Crippen LogP contribution in [0.2, 0.25) is 0 Å². The van der Waals surface area contributed by atoms with E-state index in [1.54, 1.807) is 24.0 Å². The summed E-state index contributed by atoms with van der Waals surface area (Å²) >= 11 is 0. The van der Waals surface area contributed by atoms with Crippen molar-refractivity contribution in [2.75, 3.05) is 32.8 Å². The van der Waals surface area contributed by atoms with Crippen LogP contribution in [0.4, 0.5) is 0 Å². The molecule has 26 heavy (non-hydrogen) atoms. The molecule has 2 rings (SSSR count). The Balaban J connectivity index is 1.90. The van der Waals surface area contributed by atoms with Crippen LogP contribution < -0.4 is 9.46 Å². The number of hydrogen-bond acceptors (Lipinski definition) is 5. The van der Waals surface area contributed by atoms with Gasteiger partial charge in [0.15, 0.2) is 6.10 Å². The number of nitrogens with one attached hydrogen (secondary N) is 1. The van der Waals surface area contributed by atoms with Crippen LogP contribution in [0.3, 0.4) is 0 Å². The van der Waals surface area contributed by atoms with E-state index in [0.717, 1.165) is 19.3 Å². The minimum Gasteiger partial charge on any atom is -0.481 e. The number of carbonyl (C=O) groups is 1. The van der Waals surface area contributed by atoms with Gasteiger partial charge in [0, 0.05) is 19.6 Å². The van der Waals surface area contributed by atoms with E-state index in [1.807, 2.05) is 0 Å². The molecule has 0 saturated carbocycles. The van der Waals surface area contributed by atoms with Gasteiger partial charge in [-0.3, -0.25) is 4.79 Å². The van der Waals surface area contributed by atoms with Crippen LogP contribution in [-0.2, 0) is 19.6 Å². The Morgan fingerprint density at radius 3 is 2.50 bits per heavy atom. The molecule has 0 aliphatic carbocycles. The number of unbranched alkanes of at least 4 members (excludes halogenated alkanes) is 2. The smallest absolute Gasteiger partial charge is 0.263 e. The number of rotatable bonds is 9. The van der Waals surface area contributed by atoms with E-state index in [2.05, 4.69) is 11.6 Å². The van der Waals surface area contributed by atoms with Gasteiger partial charge in [0.1, 0.15) is 5.75 Å². The number of sulfonamides is 1. The van der Waals surface area contributed by atoms with Crippen molar-refractivity contribution in [3.63, 3.8) is 0 Å². The standard InChI is InChI=1S/C18H28N2O5S/c1-3-4-5-10-19-26(22,23)17-8-6-16(7-9-17)25-15(2)18(21)20-11-13-24-14-12-20/h6-9,15,19H,3-5,10-14H2,1-2H3/t15-/m0/s1. The second-order valence-electron chi connectivity index (χ2n) is 6.27. The van der Waals surface area contributed by atoms with Crippen LogP contribution in [0.25, 0.3) is 0 Å². The van der Waals surface area contributed by atoms with Crippen LogP contribution in [0, 0.1) is 0 Å². The molecule has 1 N–H and O–H groups in total. The van der Waals surface area contributed by atoms with Crippen molar-refractivity contribution in [3.8, 4) is 5.75 Å². The van der Waals surface area contributed by atoms with E-state index in [9.17, 15) is 13.2 Å². The summed E-state index contributed by atoms with van der Waals surface area (Å²) in [5.41, 5.74) is 0. The Bertz CT molecular complexity index is 669. The van der Waals surface area contributed by atoms with E-state index in [4.69, 9.17) is 9.47 Å². The van der Waals surface area contributed by atoms with E-state index in [-0.39, 0.29) is 10.8 Å². The molecule has 1 aromatic carbocycles. The summed E-state index contributed by atoms with van der Waals surface area (Å²) in [4.78, 5) is 14.2. The maximum absolute atomic E-state index is 12.3. The summed E-state index contributed by atoms with van der Waals surface area (Å²) in [6, 6.07) is 6.13. The summed E-state index contributed by atoms with van der Waals surface area (Å²) in [6.45, 7) is 6.39. The predicted octanol–water partition coefficient (Wildman–Crippen LogP) is 1.78. The molecule has 146 valence electrons. The lowest BCUT2D eigenvalue weighted by Crippen LogP contribution is -2.46. The second kappa shape index (κ2) is 9.89. The van der Waals surface area contributed by atoms with E-state index in [0.29, 0.717) is 38.6 Å². The molecule has 0 radical (unpaired) electrons. The van der Waals surface area contributed by atoms with Crippen molar-refractivity contribution in [2.24, 2.45) is 0 Å². The Hall–Kier alpha value is -1.64. The minimum absolute atomic E-state index is 0.0948. The number of carbonyl (C=O) groups excluding carboxylic acids is 1. The van der Waals surface area contributed by atoms with Gasteiger partial charge in [-0.1, -0.05) is 19.8 Å². The molecular formula is C18H28N2O5S. The quantitative estimate of drug-likeness (QED) is 0.656. The number of benzene rings is 1.